The van der Waals surface area contributed by atoms with Crippen molar-refractivity contribution in [2.45, 2.75) is 12.3 Å². The number of hydrogen-bond acceptors (Lipinski definition) is 8. The summed E-state index contributed by atoms with van der Waals surface area (Å²) in [6.45, 7) is 1.31. The zero-order valence-electron chi connectivity index (χ0n) is 13.6. The van der Waals surface area contributed by atoms with Gasteiger partial charge < -0.3 is 30.7 Å². The lowest BCUT2D eigenvalue weighted by Gasteiger charge is -2.06. The van der Waals surface area contributed by atoms with Gasteiger partial charge in [0.05, 0.1) is 23.2 Å². The second-order valence-corrected chi connectivity index (χ2v) is 7.57. The van der Waals surface area contributed by atoms with Crippen LogP contribution in [0.5, 0.6) is 0 Å². The summed E-state index contributed by atoms with van der Waals surface area (Å²) in [5.74, 6) is 2.61. The van der Waals surface area contributed by atoms with Gasteiger partial charge in [0.25, 0.3) is 4.88 Å². The van der Waals surface area contributed by atoms with Crippen molar-refractivity contribution in [3.05, 3.63) is 28.5 Å². The highest BCUT2D eigenvalue weighted by molar-refractivity contribution is 7.98. The Morgan fingerprint density at radius 3 is 2.83 bits per heavy atom. The summed E-state index contributed by atoms with van der Waals surface area (Å²) < 4.78 is 21.0. The summed E-state index contributed by atoms with van der Waals surface area (Å²) in [7, 11) is 2.17. The van der Waals surface area contributed by atoms with Gasteiger partial charge in [-0.2, -0.15) is 11.8 Å². The first-order valence-electron chi connectivity index (χ1n) is 7.23. The van der Waals surface area contributed by atoms with Crippen molar-refractivity contribution in [3.63, 3.8) is 0 Å². The molecule has 1 unspecified atom stereocenters. The number of hydrogen-bond donors (Lipinski definition) is 3. The number of anilines is 2. The average molecular weight is 371 g/mol. The number of thioether (sulfide) groups is 1. The van der Waals surface area contributed by atoms with Crippen molar-refractivity contribution in [1.82, 2.24) is 9.27 Å². The van der Waals surface area contributed by atoms with Crippen LogP contribution in [0.25, 0.3) is 0 Å². The van der Waals surface area contributed by atoms with E-state index in [-0.39, 0.29) is 16.4 Å². The second kappa shape index (κ2) is 8.38. The van der Waals surface area contributed by atoms with E-state index in [4.69, 9.17) is 15.9 Å². The van der Waals surface area contributed by atoms with Gasteiger partial charge in [0.15, 0.2) is 5.69 Å². The summed E-state index contributed by atoms with van der Waals surface area (Å²) >= 11 is 1.67. The lowest BCUT2D eigenvalue weighted by atomic mass is 10.3. The van der Waals surface area contributed by atoms with E-state index in [1.165, 1.54) is 0 Å². The molecule has 0 aromatic carbocycles. The second-order valence-electron chi connectivity index (χ2n) is 5.38. The molecule has 0 aliphatic heterocycles. The molecule has 2 aromatic rings. The summed E-state index contributed by atoms with van der Waals surface area (Å²) in [5, 5.41) is 2.98. The smallest absolute Gasteiger partial charge is 0.306 e. The Labute approximate surface area is 147 Å². The number of furan rings is 1. The first kappa shape index (κ1) is 18.6. The maximum atomic E-state index is 11.6. The third-order valence-corrected chi connectivity index (χ3v) is 5.14. The largest absolute Gasteiger partial charge is 0.568 e. The lowest BCUT2D eigenvalue weighted by molar-refractivity contribution is 0.100. The van der Waals surface area contributed by atoms with Crippen molar-refractivity contribution in [2.75, 3.05) is 37.4 Å². The van der Waals surface area contributed by atoms with Gasteiger partial charge in [0, 0.05) is 12.3 Å². The summed E-state index contributed by atoms with van der Waals surface area (Å²) in [6, 6.07) is 3.95. The third kappa shape index (κ3) is 4.87. The van der Waals surface area contributed by atoms with Crippen LogP contribution in [0.1, 0.15) is 21.2 Å². The van der Waals surface area contributed by atoms with Crippen LogP contribution in [-0.4, -0.2) is 46.1 Å². The minimum absolute atomic E-state index is 0.0477. The number of aromatic nitrogens is 1. The Morgan fingerprint density at radius 1 is 1.46 bits per heavy atom. The van der Waals surface area contributed by atoms with E-state index >= 15 is 0 Å². The van der Waals surface area contributed by atoms with Crippen molar-refractivity contribution >= 4 is 40.1 Å². The molecule has 1 amide bonds. The first-order chi connectivity index (χ1) is 11.4. The number of nitrogens with zero attached hydrogens (tertiary/aromatic N) is 2. The molecule has 1 atom stereocenters. The maximum Gasteiger partial charge on any atom is 0.306 e. The molecule has 10 heteroatoms. The number of nitrogen functional groups attached to an aromatic ring is 1. The molecule has 0 saturated heterocycles. The van der Waals surface area contributed by atoms with E-state index in [1.54, 1.807) is 11.8 Å². The van der Waals surface area contributed by atoms with Crippen LogP contribution in [0, 0.1) is 0 Å². The number of amides is 1. The average Bonchev–Trinajstić information content (AvgIpc) is 3.02. The molecule has 2 rings (SSSR count). The van der Waals surface area contributed by atoms with Gasteiger partial charge in [0.2, 0.25) is 5.82 Å². The monoisotopic (exact) mass is 371 g/mol. The van der Waals surface area contributed by atoms with E-state index in [9.17, 15) is 9.35 Å². The molecule has 132 valence electrons. The molecule has 8 nitrogen and oxygen atoms in total. The fourth-order valence-electron chi connectivity index (χ4n) is 2.08. The SMILES string of the molecule is CN(C)Cc1ccc(CSCCNc2c(N)n[s+]([O-])c2C(N)=O)o1. The number of carbonyl (C=O) groups excluding carboxylic acids is 1. The molecule has 2 heterocycles. The van der Waals surface area contributed by atoms with Crippen LogP contribution >= 0.6 is 22.7 Å². The van der Waals surface area contributed by atoms with E-state index in [1.807, 2.05) is 31.1 Å². The van der Waals surface area contributed by atoms with Crippen LogP contribution in [0.15, 0.2) is 16.5 Å². The minimum atomic E-state index is -1.81. The fourth-order valence-corrected chi connectivity index (χ4v) is 3.71. The van der Waals surface area contributed by atoms with Crippen molar-refractivity contribution in [1.29, 1.82) is 0 Å². The fraction of sp³-hybridized carbons (Fsp3) is 0.429. The molecule has 0 spiro atoms. The predicted molar refractivity (Wildman–Crippen MR) is 96.6 cm³/mol. The van der Waals surface area contributed by atoms with Gasteiger partial charge in [-0.25, -0.2) is 0 Å². The van der Waals surface area contributed by atoms with Gasteiger partial charge in [0.1, 0.15) is 11.5 Å². The van der Waals surface area contributed by atoms with Crippen molar-refractivity contribution < 1.29 is 13.8 Å². The minimum Gasteiger partial charge on any atom is -0.568 e. The number of primary amides is 1. The third-order valence-electron chi connectivity index (χ3n) is 3.04. The lowest BCUT2D eigenvalue weighted by Crippen LogP contribution is -2.14. The van der Waals surface area contributed by atoms with E-state index in [2.05, 4.69) is 9.69 Å². The summed E-state index contributed by atoms with van der Waals surface area (Å²) in [5.41, 5.74) is 11.1. The molecule has 24 heavy (non-hydrogen) atoms. The van der Waals surface area contributed by atoms with E-state index < -0.39 is 16.9 Å². The Bertz CT molecular complexity index is 699. The zero-order chi connectivity index (χ0) is 17.7. The van der Waals surface area contributed by atoms with Crippen LogP contribution < -0.4 is 16.8 Å². The van der Waals surface area contributed by atoms with Gasteiger partial charge >= 0.3 is 5.91 Å². The van der Waals surface area contributed by atoms with E-state index in [0.717, 1.165) is 29.6 Å². The maximum absolute atomic E-state index is 11.6. The quantitative estimate of drug-likeness (QED) is 0.446. The first-order valence-corrected chi connectivity index (χ1v) is 9.49. The van der Waals surface area contributed by atoms with Gasteiger partial charge in [-0.3, -0.25) is 4.79 Å². The highest BCUT2D eigenvalue weighted by Crippen LogP contribution is 2.32. The van der Waals surface area contributed by atoms with Crippen LogP contribution in [0.3, 0.4) is 0 Å². The number of carbonyl (C=O) groups is 1. The predicted octanol–water partition coefficient (Wildman–Crippen LogP) is 1.49. The number of nitrogens with two attached hydrogens (primary N) is 2. The van der Waals surface area contributed by atoms with Crippen molar-refractivity contribution in [2.24, 2.45) is 5.73 Å². The molecule has 0 bridgehead atoms. The Morgan fingerprint density at radius 2 is 2.17 bits per heavy atom. The van der Waals surface area contributed by atoms with Gasteiger partial charge in [-0.1, -0.05) is 0 Å². The summed E-state index contributed by atoms with van der Waals surface area (Å²) in [6.07, 6.45) is 0. The topological polar surface area (TPSA) is 133 Å². The Hall–Kier alpha value is -1.75. The van der Waals surface area contributed by atoms with Gasteiger partial charge in [-0.15, -0.1) is 0 Å². The van der Waals surface area contributed by atoms with Crippen LogP contribution in [0.2, 0.25) is 0 Å². The van der Waals surface area contributed by atoms with Gasteiger partial charge in [-0.05, 0) is 30.6 Å². The van der Waals surface area contributed by atoms with Crippen LogP contribution in [0.4, 0.5) is 11.5 Å². The Balaban J connectivity index is 1.78. The molecule has 0 saturated carbocycles. The van der Waals surface area contributed by atoms with E-state index in [0.29, 0.717) is 6.54 Å². The molecule has 0 aliphatic rings. The molecule has 0 aliphatic carbocycles. The van der Waals surface area contributed by atoms with Crippen LogP contribution in [-0.2, 0) is 12.3 Å². The molecular formula is C14H21N5O3S2. The van der Waals surface area contributed by atoms with Crippen molar-refractivity contribution in [3.8, 4) is 0 Å². The molecule has 0 fully saturated rings. The highest BCUT2D eigenvalue weighted by Gasteiger charge is 2.26. The summed E-state index contributed by atoms with van der Waals surface area (Å²) in [4.78, 5) is 13.3. The normalized spacial score (nSPS) is 11.9. The number of rotatable bonds is 9. The zero-order valence-corrected chi connectivity index (χ0v) is 15.2. The highest BCUT2D eigenvalue weighted by atomic mass is 32.2. The standard InChI is InChI=1S/C14H21N5O3S2/c1-19(2)7-9-3-4-10(22-9)8-23-6-5-17-11-12(14(16)20)24(21)18-13(11)15/h3-4,17H,5-8H2,1-2H3,(H2,15,18)(H2,16,20). The molecule has 5 N–H and O–H groups in total. The number of nitrogens with one attached hydrogen (secondary N) is 1. The molecule has 0 radical (unpaired) electrons. The molecular weight excluding hydrogens is 350 g/mol. The molecule has 2 aromatic heterocycles. The Kier molecular flexibility index (Phi) is 6.49.